The number of nitrogens with one attached hydrogen (secondary N) is 1. The number of aromatic nitrogens is 7. The van der Waals surface area contributed by atoms with Gasteiger partial charge in [0, 0.05) is 19.3 Å². The van der Waals surface area contributed by atoms with Crippen LogP contribution in [-0.4, -0.2) is 35.2 Å². The highest BCUT2D eigenvalue weighted by Gasteiger charge is 1.96. The molecule has 0 saturated heterocycles. The third-order valence-electron chi connectivity index (χ3n) is 1.77. The fourth-order valence-electron chi connectivity index (χ4n) is 1.10. The number of aryl methyl sites for hydroxylation is 2. The third-order valence-corrected chi connectivity index (χ3v) is 2.07. The summed E-state index contributed by atoms with van der Waals surface area (Å²) in [5.41, 5.74) is 0. The van der Waals surface area contributed by atoms with Gasteiger partial charge >= 0.3 is 0 Å². The fourth-order valence-corrected chi connectivity index (χ4v) is 1.28. The lowest BCUT2D eigenvalue weighted by molar-refractivity contribution is 0.482. The molecule has 0 aliphatic heterocycles. The van der Waals surface area contributed by atoms with Crippen LogP contribution < -0.4 is 0 Å². The summed E-state index contributed by atoms with van der Waals surface area (Å²) >= 11 is 4.92. The molecule has 2 aromatic heterocycles. The van der Waals surface area contributed by atoms with Crippen LogP contribution in [0.25, 0.3) is 0 Å². The second-order valence-electron chi connectivity index (χ2n) is 2.75. The van der Waals surface area contributed by atoms with Gasteiger partial charge in [0.15, 0.2) is 0 Å². The van der Waals surface area contributed by atoms with Crippen LogP contribution in [0.1, 0.15) is 6.42 Å². The van der Waals surface area contributed by atoms with E-state index in [1.165, 1.54) is 0 Å². The third kappa shape index (κ3) is 2.02. The van der Waals surface area contributed by atoms with E-state index in [9.17, 15) is 0 Å². The van der Waals surface area contributed by atoms with Crippen LogP contribution in [0.4, 0.5) is 0 Å². The molecule has 0 aliphatic carbocycles. The van der Waals surface area contributed by atoms with Crippen LogP contribution in [0.5, 0.6) is 0 Å². The molecule has 0 bridgehead atoms. The number of tetrazole rings is 1. The molecular weight excluding hydrogens is 202 g/mol. The fraction of sp³-hybridized carbons (Fsp3) is 0.500. The molecule has 14 heavy (non-hydrogen) atoms. The van der Waals surface area contributed by atoms with E-state index >= 15 is 0 Å². The average molecular weight is 211 g/mol. The second kappa shape index (κ2) is 4.09. The molecule has 74 valence electrons. The van der Waals surface area contributed by atoms with E-state index in [-0.39, 0.29) is 0 Å². The van der Waals surface area contributed by atoms with Crippen molar-refractivity contribution in [2.24, 2.45) is 0 Å². The minimum absolute atomic E-state index is 0.476. The monoisotopic (exact) mass is 211 g/mol. The molecule has 8 heteroatoms. The van der Waals surface area contributed by atoms with Gasteiger partial charge in [0.1, 0.15) is 0 Å². The summed E-state index contributed by atoms with van der Waals surface area (Å²) in [4.78, 5) is 0. The quantitative estimate of drug-likeness (QED) is 0.721. The predicted octanol–water partition coefficient (Wildman–Crippen LogP) is 0.0175. The maximum atomic E-state index is 4.92. The molecule has 2 heterocycles. The Hall–Kier alpha value is -1.57. The molecule has 0 saturated carbocycles. The molecule has 0 aromatic carbocycles. The van der Waals surface area contributed by atoms with E-state index in [1.807, 2.05) is 6.20 Å². The van der Waals surface area contributed by atoms with E-state index in [2.05, 4.69) is 25.8 Å². The molecule has 0 fully saturated rings. The van der Waals surface area contributed by atoms with Crippen molar-refractivity contribution in [2.45, 2.75) is 19.5 Å². The first-order valence-electron chi connectivity index (χ1n) is 4.18. The van der Waals surface area contributed by atoms with E-state index in [0.717, 1.165) is 19.5 Å². The molecular formula is C6H9N7S. The largest absolute Gasteiger partial charge is 0.253 e. The first-order chi connectivity index (χ1) is 6.86. The second-order valence-corrected chi connectivity index (χ2v) is 3.12. The van der Waals surface area contributed by atoms with Crippen molar-refractivity contribution in [1.82, 2.24) is 35.2 Å². The minimum Gasteiger partial charge on any atom is -0.253 e. The Bertz CT molecular complexity index is 427. The Kier molecular flexibility index (Phi) is 2.63. The lowest BCUT2D eigenvalue weighted by Gasteiger charge is -2.00. The molecule has 2 rings (SSSR count). The Labute approximate surface area is 84.7 Å². The number of nitrogens with zero attached hydrogens (tertiary/aromatic N) is 6. The van der Waals surface area contributed by atoms with E-state index in [4.69, 9.17) is 12.2 Å². The van der Waals surface area contributed by atoms with Crippen molar-refractivity contribution in [3.63, 3.8) is 0 Å². The van der Waals surface area contributed by atoms with Crippen LogP contribution in [0.2, 0.25) is 0 Å². The van der Waals surface area contributed by atoms with Crippen LogP contribution >= 0.6 is 12.2 Å². The standard InChI is InChI=1S/C6H9N7S/c14-6-8-9-11-13(6)4-1-3-12-5-2-7-10-12/h2,5H,1,3-4H2,(H,8,11,14). The predicted molar refractivity (Wildman–Crippen MR) is 49.8 cm³/mol. The van der Waals surface area contributed by atoms with Crippen molar-refractivity contribution >= 4 is 12.2 Å². The Morgan fingerprint density at radius 1 is 1.43 bits per heavy atom. The zero-order valence-corrected chi connectivity index (χ0v) is 8.18. The highest BCUT2D eigenvalue weighted by atomic mass is 32.1. The van der Waals surface area contributed by atoms with Gasteiger partial charge in [-0.2, -0.15) is 5.21 Å². The molecule has 1 N–H and O–H groups in total. The van der Waals surface area contributed by atoms with Gasteiger partial charge in [-0.25, -0.2) is 4.68 Å². The van der Waals surface area contributed by atoms with Crippen molar-refractivity contribution in [3.8, 4) is 0 Å². The summed E-state index contributed by atoms with van der Waals surface area (Å²) in [5.74, 6) is 0. The maximum absolute atomic E-state index is 4.92. The van der Waals surface area contributed by atoms with Gasteiger partial charge in [-0.15, -0.1) is 5.10 Å². The molecule has 2 aromatic rings. The van der Waals surface area contributed by atoms with Crippen molar-refractivity contribution < 1.29 is 0 Å². The average Bonchev–Trinajstić information content (AvgIpc) is 2.78. The summed E-state index contributed by atoms with van der Waals surface area (Å²) in [7, 11) is 0. The molecule has 0 unspecified atom stereocenters. The molecule has 0 radical (unpaired) electrons. The van der Waals surface area contributed by atoms with Crippen LogP contribution in [-0.2, 0) is 13.1 Å². The van der Waals surface area contributed by atoms with Crippen molar-refractivity contribution in [3.05, 3.63) is 17.2 Å². The topological polar surface area (TPSA) is 77.2 Å². The molecule has 7 nitrogen and oxygen atoms in total. The summed E-state index contributed by atoms with van der Waals surface area (Å²) < 4.78 is 3.96. The SMILES string of the molecule is S=c1nn[nH]n1CCCn1ccnn1. The van der Waals surface area contributed by atoms with Crippen molar-refractivity contribution in [1.29, 1.82) is 0 Å². The Balaban J connectivity index is 1.84. The summed E-state index contributed by atoms with van der Waals surface area (Å²) in [6.07, 6.45) is 4.38. The van der Waals surface area contributed by atoms with Gasteiger partial charge in [-0.05, 0) is 18.6 Å². The maximum Gasteiger partial charge on any atom is 0.238 e. The number of H-pyrrole nitrogens is 1. The minimum atomic E-state index is 0.476. The molecule has 0 atom stereocenters. The van der Waals surface area contributed by atoms with Gasteiger partial charge in [-0.3, -0.25) is 4.68 Å². The molecule has 0 spiro atoms. The van der Waals surface area contributed by atoms with Crippen molar-refractivity contribution in [2.75, 3.05) is 0 Å². The smallest absolute Gasteiger partial charge is 0.238 e. The first kappa shape index (κ1) is 9.00. The van der Waals surface area contributed by atoms with Crippen LogP contribution in [0.3, 0.4) is 0 Å². The summed E-state index contributed by atoms with van der Waals surface area (Å²) in [6, 6.07) is 0. The van der Waals surface area contributed by atoms with E-state index in [0.29, 0.717) is 4.77 Å². The number of rotatable bonds is 4. The number of hydrogen-bond acceptors (Lipinski definition) is 5. The highest BCUT2D eigenvalue weighted by molar-refractivity contribution is 7.71. The first-order valence-corrected chi connectivity index (χ1v) is 4.59. The van der Waals surface area contributed by atoms with Gasteiger partial charge in [0.2, 0.25) is 4.77 Å². The zero-order valence-electron chi connectivity index (χ0n) is 7.37. The normalized spacial score (nSPS) is 10.6. The lowest BCUT2D eigenvalue weighted by atomic mass is 10.4. The van der Waals surface area contributed by atoms with Gasteiger partial charge in [0.25, 0.3) is 0 Å². The highest BCUT2D eigenvalue weighted by Crippen LogP contribution is 1.92. The summed E-state index contributed by atoms with van der Waals surface area (Å²) in [6.45, 7) is 1.56. The Morgan fingerprint density at radius 3 is 3.00 bits per heavy atom. The van der Waals surface area contributed by atoms with E-state index in [1.54, 1.807) is 15.6 Å². The molecule has 0 aliphatic rings. The molecule has 0 amide bonds. The van der Waals surface area contributed by atoms with E-state index < -0.39 is 0 Å². The van der Waals surface area contributed by atoms with Gasteiger partial charge in [-0.1, -0.05) is 15.5 Å². The Morgan fingerprint density at radius 2 is 2.36 bits per heavy atom. The van der Waals surface area contributed by atoms with Crippen LogP contribution in [0.15, 0.2) is 12.4 Å². The summed E-state index contributed by atoms with van der Waals surface area (Å²) in [5, 5.41) is 17.5. The zero-order chi connectivity index (χ0) is 9.80. The number of hydrogen-bond donors (Lipinski definition) is 1. The lowest BCUT2D eigenvalue weighted by Crippen LogP contribution is -2.06. The number of aromatic amines is 1. The van der Waals surface area contributed by atoms with Crippen LogP contribution in [0, 0.1) is 4.77 Å². The van der Waals surface area contributed by atoms with Gasteiger partial charge in [0.05, 0.1) is 6.20 Å². The van der Waals surface area contributed by atoms with Gasteiger partial charge < -0.3 is 0 Å².